The first kappa shape index (κ1) is 12.2. The predicted molar refractivity (Wildman–Crippen MR) is 56.6 cm³/mol. The Labute approximate surface area is 99.9 Å². The number of benzene rings is 1. The lowest BCUT2D eigenvalue weighted by molar-refractivity contribution is 0.0693. The second-order valence-electron chi connectivity index (χ2n) is 2.50. The third-order valence-electron chi connectivity index (χ3n) is 1.67. The maximum atomic E-state index is 10.8. The number of aromatic hydroxyl groups is 1. The molecule has 0 bridgehead atoms. The van der Waals surface area contributed by atoms with E-state index in [0.717, 1.165) is 0 Å². The first-order valence-electron chi connectivity index (χ1n) is 3.58. The molecule has 0 spiro atoms. The summed E-state index contributed by atoms with van der Waals surface area (Å²) in [5.41, 5.74) is -0.539. The summed E-state index contributed by atoms with van der Waals surface area (Å²) in [7, 11) is 1.22. The van der Waals surface area contributed by atoms with E-state index in [0.29, 0.717) is 0 Å². The fourth-order valence-corrected chi connectivity index (χ4v) is 1.76. The topological polar surface area (TPSA) is 66.8 Å². The molecule has 0 heterocycles. The predicted octanol–water partition coefficient (Wildman–Crippen LogP) is 3.06. The molecule has 4 nitrogen and oxygen atoms in total. The standard InChI is InChI=1S/C8H5Cl3O4/c1-15-7-5(11)4(10)3(9)2(6(7)12)8(13)14/h12H,1H3,(H,13,14). The van der Waals surface area contributed by atoms with Gasteiger partial charge in [0.1, 0.15) is 10.6 Å². The molecule has 1 rings (SSSR count). The third kappa shape index (κ3) is 1.93. The highest BCUT2D eigenvalue weighted by Gasteiger charge is 2.25. The van der Waals surface area contributed by atoms with Gasteiger partial charge >= 0.3 is 5.97 Å². The maximum absolute atomic E-state index is 10.8. The van der Waals surface area contributed by atoms with Crippen molar-refractivity contribution >= 4 is 40.8 Å². The van der Waals surface area contributed by atoms with Gasteiger partial charge in [0.05, 0.1) is 17.2 Å². The lowest BCUT2D eigenvalue weighted by Gasteiger charge is -2.11. The molecule has 2 N–H and O–H groups in total. The lowest BCUT2D eigenvalue weighted by Crippen LogP contribution is -2.01. The highest BCUT2D eigenvalue weighted by Crippen LogP contribution is 2.46. The average molecular weight is 271 g/mol. The molecule has 0 aliphatic carbocycles. The van der Waals surface area contributed by atoms with Crippen molar-refractivity contribution in [1.82, 2.24) is 0 Å². The minimum atomic E-state index is -1.42. The first-order valence-corrected chi connectivity index (χ1v) is 4.71. The van der Waals surface area contributed by atoms with Gasteiger partial charge in [0.2, 0.25) is 0 Å². The van der Waals surface area contributed by atoms with Crippen LogP contribution in [0, 0.1) is 0 Å². The number of halogens is 3. The van der Waals surface area contributed by atoms with Crippen molar-refractivity contribution in [3.63, 3.8) is 0 Å². The van der Waals surface area contributed by atoms with Gasteiger partial charge in [-0.05, 0) is 0 Å². The van der Waals surface area contributed by atoms with Crippen LogP contribution in [0.15, 0.2) is 0 Å². The lowest BCUT2D eigenvalue weighted by atomic mass is 10.2. The number of hydrogen-bond acceptors (Lipinski definition) is 3. The smallest absolute Gasteiger partial charge is 0.341 e. The zero-order chi connectivity index (χ0) is 11.7. The zero-order valence-electron chi connectivity index (χ0n) is 7.34. The van der Waals surface area contributed by atoms with Gasteiger partial charge in [-0.2, -0.15) is 0 Å². The third-order valence-corrected chi connectivity index (χ3v) is 2.98. The molecule has 1 aromatic rings. The summed E-state index contributed by atoms with van der Waals surface area (Å²) >= 11 is 17.0. The molecule has 15 heavy (non-hydrogen) atoms. The van der Waals surface area contributed by atoms with Crippen LogP contribution in [-0.2, 0) is 0 Å². The van der Waals surface area contributed by atoms with Crippen molar-refractivity contribution in [2.75, 3.05) is 7.11 Å². The number of ether oxygens (including phenoxy) is 1. The van der Waals surface area contributed by atoms with Crippen LogP contribution in [0.25, 0.3) is 0 Å². The van der Waals surface area contributed by atoms with Crippen molar-refractivity contribution in [3.8, 4) is 11.5 Å². The first-order chi connectivity index (χ1) is 6.91. The molecule has 1 aromatic carbocycles. The Morgan fingerprint density at radius 2 is 1.73 bits per heavy atom. The van der Waals surface area contributed by atoms with Gasteiger partial charge in [-0.15, -0.1) is 0 Å². The summed E-state index contributed by atoms with van der Waals surface area (Å²) in [5, 5.41) is 17.7. The maximum Gasteiger partial charge on any atom is 0.341 e. The Morgan fingerprint density at radius 3 is 2.13 bits per heavy atom. The van der Waals surface area contributed by atoms with E-state index in [-0.39, 0.29) is 20.8 Å². The van der Waals surface area contributed by atoms with Crippen LogP contribution in [0.3, 0.4) is 0 Å². The van der Waals surface area contributed by atoms with E-state index in [9.17, 15) is 9.90 Å². The van der Waals surface area contributed by atoms with Crippen molar-refractivity contribution in [1.29, 1.82) is 0 Å². The molecule has 0 aliphatic heterocycles. The summed E-state index contributed by atoms with van der Waals surface area (Å²) in [6, 6.07) is 0. The molecule has 0 aliphatic rings. The Balaban J connectivity index is 3.68. The summed E-state index contributed by atoms with van der Waals surface area (Å²) in [5.74, 6) is -2.29. The number of hydrogen-bond donors (Lipinski definition) is 2. The molecule has 0 atom stereocenters. The number of carbonyl (C=O) groups is 1. The number of aromatic carboxylic acids is 1. The average Bonchev–Trinajstić information content (AvgIpc) is 2.15. The Bertz CT molecular complexity index is 431. The normalized spacial score (nSPS) is 10.1. The fourth-order valence-electron chi connectivity index (χ4n) is 1.01. The SMILES string of the molecule is COc1c(O)c(C(=O)O)c(Cl)c(Cl)c1Cl. The van der Waals surface area contributed by atoms with E-state index in [4.69, 9.17) is 44.6 Å². The van der Waals surface area contributed by atoms with Crippen LogP contribution in [0.2, 0.25) is 15.1 Å². The molecule has 82 valence electrons. The Morgan fingerprint density at radius 1 is 1.20 bits per heavy atom. The van der Waals surface area contributed by atoms with Crippen molar-refractivity contribution in [2.24, 2.45) is 0 Å². The van der Waals surface area contributed by atoms with Crippen molar-refractivity contribution in [2.45, 2.75) is 0 Å². The van der Waals surface area contributed by atoms with Crippen molar-refractivity contribution < 1.29 is 19.7 Å². The molecule has 0 fully saturated rings. The zero-order valence-corrected chi connectivity index (χ0v) is 9.61. The van der Waals surface area contributed by atoms with Crippen LogP contribution in [-0.4, -0.2) is 23.3 Å². The molecular formula is C8H5Cl3O4. The van der Waals surface area contributed by atoms with Gasteiger partial charge in [-0.1, -0.05) is 34.8 Å². The van der Waals surface area contributed by atoms with Gasteiger partial charge in [0.15, 0.2) is 11.5 Å². The van der Waals surface area contributed by atoms with Crippen molar-refractivity contribution in [3.05, 3.63) is 20.6 Å². The fraction of sp³-hybridized carbons (Fsp3) is 0.125. The highest BCUT2D eigenvalue weighted by molar-refractivity contribution is 6.50. The van der Waals surface area contributed by atoms with E-state index in [1.165, 1.54) is 7.11 Å². The molecular weight excluding hydrogens is 266 g/mol. The van der Waals surface area contributed by atoms with Gasteiger partial charge in [-0.3, -0.25) is 0 Å². The summed E-state index contributed by atoms with van der Waals surface area (Å²) < 4.78 is 4.71. The minimum Gasteiger partial charge on any atom is -0.504 e. The largest absolute Gasteiger partial charge is 0.504 e. The second-order valence-corrected chi connectivity index (χ2v) is 3.64. The second kappa shape index (κ2) is 4.35. The minimum absolute atomic E-state index is 0.133. The van der Waals surface area contributed by atoms with E-state index in [1.54, 1.807) is 0 Å². The monoisotopic (exact) mass is 270 g/mol. The molecule has 0 unspecified atom stereocenters. The van der Waals surface area contributed by atoms with Gasteiger partial charge in [-0.25, -0.2) is 4.79 Å². The molecule has 0 amide bonds. The quantitative estimate of drug-likeness (QED) is 0.811. The van der Waals surface area contributed by atoms with Crippen LogP contribution >= 0.6 is 34.8 Å². The van der Waals surface area contributed by atoms with Crippen LogP contribution in [0.4, 0.5) is 0 Å². The van der Waals surface area contributed by atoms with Crippen LogP contribution in [0.5, 0.6) is 11.5 Å². The molecule has 0 aromatic heterocycles. The summed E-state index contributed by atoms with van der Waals surface area (Å²) in [6.07, 6.45) is 0. The Kier molecular flexibility index (Phi) is 3.54. The number of rotatable bonds is 2. The van der Waals surface area contributed by atoms with Crippen LogP contribution < -0.4 is 4.74 Å². The van der Waals surface area contributed by atoms with Gasteiger partial charge < -0.3 is 14.9 Å². The van der Waals surface area contributed by atoms with E-state index >= 15 is 0 Å². The van der Waals surface area contributed by atoms with E-state index < -0.39 is 17.3 Å². The summed E-state index contributed by atoms with van der Waals surface area (Å²) in [4.78, 5) is 10.8. The number of carboxylic acid groups (broad SMARTS) is 1. The Hall–Kier alpha value is -0.840. The molecule has 0 saturated heterocycles. The number of phenols is 1. The number of carboxylic acids is 1. The van der Waals surface area contributed by atoms with Gasteiger partial charge in [0, 0.05) is 0 Å². The molecule has 0 radical (unpaired) electrons. The van der Waals surface area contributed by atoms with E-state index in [1.807, 2.05) is 0 Å². The van der Waals surface area contributed by atoms with Gasteiger partial charge in [0.25, 0.3) is 0 Å². The van der Waals surface area contributed by atoms with E-state index in [2.05, 4.69) is 0 Å². The van der Waals surface area contributed by atoms with Crippen LogP contribution in [0.1, 0.15) is 10.4 Å². The summed E-state index contributed by atoms with van der Waals surface area (Å²) in [6.45, 7) is 0. The highest BCUT2D eigenvalue weighted by atomic mass is 35.5. The molecule has 0 saturated carbocycles. The number of methoxy groups -OCH3 is 1. The molecule has 7 heteroatoms.